The lowest BCUT2D eigenvalue weighted by atomic mass is 9.84. The summed E-state index contributed by atoms with van der Waals surface area (Å²) in [5, 5.41) is 7.70. The Morgan fingerprint density at radius 2 is 1.77 bits per heavy atom. The van der Waals surface area contributed by atoms with Gasteiger partial charge in [-0.3, -0.25) is 9.59 Å². The summed E-state index contributed by atoms with van der Waals surface area (Å²) < 4.78 is 0. The van der Waals surface area contributed by atoms with Crippen molar-refractivity contribution < 1.29 is 9.59 Å². The minimum atomic E-state index is -0.145. The van der Waals surface area contributed by atoms with Gasteiger partial charge in [0, 0.05) is 17.4 Å². The maximum Gasteiger partial charge on any atom is 0.265 e. The molecule has 4 N–H and O–H groups in total. The second-order valence-electron chi connectivity index (χ2n) is 6.94. The fourth-order valence-corrected chi connectivity index (χ4v) is 4.84. The molecule has 7 heteroatoms. The molecule has 0 aliphatic heterocycles. The van der Waals surface area contributed by atoms with Crippen molar-refractivity contribution in [3.05, 3.63) is 46.7 Å². The summed E-state index contributed by atoms with van der Waals surface area (Å²) in [5.41, 5.74) is 7.60. The summed E-state index contributed by atoms with van der Waals surface area (Å²) in [7, 11) is 0. The summed E-state index contributed by atoms with van der Waals surface area (Å²) in [6.07, 6.45) is 3.34. The molecule has 0 spiro atoms. The van der Waals surface area contributed by atoms with E-state index in [1.807, 2.05) is 29.6 Å². The number of nitrogens with two attached hydrogens (primary N) is 1. The zero-order chi connectivity index (χ0) is 17.4. The molecule has 0 saturated heterocycles. The third-order valence-electron chi connectivity index (χ3n) is 5.42. The predicted molar refractivity (Wildman–Crippen MR) is 107 cm³/mol. The molecule has 2 aromatic rings. The van der Waals surface area contributed by atoms with Crippen LogP contribution in [-0.2, 0) is 4.79 Å². The Hall–Kier alpha value is -1.89. The SMILES string of the molecule is Cl.NC1C2CCC(C2)C1C(=O)Nc1cccc(NC(=O)c2cccs2)c1. The average Bonchev–Trinajstić information content (AvgIpc) is 3.32. The Morgan fingerprint density at radius 3 is 2.42 bits per heavy atom. The molecule has 0 radical (unpaired) electrons. The van der Waals surface area contributed by atoms with E-state index >= 15 is 0 Å². The summed E-state index contributed by atoms with van der Waals surface area (Å²) in [5.74, 6) is 0.678. The van der Waals surface area contributed by atoms with Gasteiger partial charge in [-0.1, -0.05) is 12.1 Å². The second-order valence-corrected chi connectivity index (χ2v) is 7.89. The highest BCUT2D eigenvalue weighted by atomic mass is 35.5. The van der Waals surface area contributed by atoms with E-state index in [4.69, 9.17) is 5.73 Å². The van der Waals surface area contributed by atoms with Gasteiger partial charge in [-0.05, 0) is 60.7 Å². The molecule has 1 aromatic carbocycles. The van der Waals surface area contributed by atoms with Crippen molar-refractivity contribution in [2.45, 2.75) is 25.3 Å². The first-order chi connectivity index (χ1) is 12.1. The van der Waals surface area contributed by atoms with Crippen LogP contribution in [0.3, 0.4) is 0 Å². The van der Waals surface area contributed by atoms with Crippen LogP contribution >= 0.6 is 23.7 Å². The standard InChI is InChI=1S/C19H21N3O2S.ClH/c20-17-12-7-6-11(9-12)16(17)19(24)22-14-4-1-3-13(10-14)21-18(23)15-5-2-8-25-15;/h1-5,8,10-12,16-17H,6-7,9,20H2,(H,21,23)(H,22,24);1H. The third kappa shape index (κ3) is 3.63. The molecule has 2 aliphatic carbocycles. The number of rotatable bonds is 4. The van der Waals surface area contributed by atoms with Crippen LogP contribution in [0.25, 0.3) is 0 Å². The average molecular weight is 392 g/mol. The van der Waals surface area contributed by atoms with Crippen molar-refractivity contribution >= 4 is 46.9 Å². The fourth-order valence-electron chi connectivity index (χ4n) is 4.23. The molecule has 2 fully saturated rings. The van der Waals surface area contributed by atoms with Crippen molar-refractivity contribution in [1.82, 2.24) is 0 Å². The van der Waals surface area contributed by atoms with Gasteiger partial charge in [0.1, 0.15) is 0 Å². The van der Waals surface area contributed by atoms with E-state index in [0.29, 0.717) is 28.1 Å². The van der Waals surface area contributed by atoms with Gasteiger partial charge in [0.15, 0.2) is 0 Å². The molecule has 138 valence electrons. The number of hydrogen-bond acceptors (Lipinski definition) is 4. The Balaban J connectivity index is 0.00000196. The molecule has 2 amide bonds. The quantitative estimate of drug-likeness (QED) is 0.742. The van der Waals surface area contributed by atoms with Crippen LogP contribution in [0.4, 0.5) is 11.4 Å². The van der Waals surface area contributed by atoms with E-state index in [9.17, 15) is 9.59 Å². The van der Waals surface area contributed by atoms with Crippen molar-refractivity contribution in [1.29, 1.82) is 0 Å². The van der Waals surface area contributed by atoms with Gasteiger partial charge in [0.2, 0.25) is 5.91 Å². The second kappa shape index (κ2) is 7.78. The molecule has 4 atom stereocenters. The number of nitrogens with one attached hydrogen (secondary N) is 2. The molecular weight excluding hydrogens is 370 g/mol. The largest absolute Gasteiger partial charge is 0.327 e. The number of amides is 2. The minimum absolute atomic E-state index is 0. The van der Waals surface area contributed by atoms with Crippen LogP contribution in [0.2, 0.25) is 0 Å². The first-order valence-electron chi connectivity index (χ1n) is 8.63. The zero-order valence-corrected chi connectivity index (χ0v) is 15.8. The maximum absolute atomic E-state index is 12.7. The number of fused-ring (bicyclic) bond motifs is 2. The molecule has 5 nitrogen and oxygen atoms in total. The lowest BCUT2D eigenvalue weighted by molar-refractivity contribution is -0.121. The minimum Gasteiger partial charge on any atom is -0.327 e. The van der Waals surface area contributed by atoms with Gasteiger partial charge >= 0.3 is 0 Å². The van der Waals surface area contributed by atoms with Gasteiger partial charge < -0.3 is 16.4 Å². The Kier molecular flexibility index (Phi) is 5.65. The van der Waals surface area contributed by atoms with Gasteiger partial charge in [-0.25, -0.2) is 0 Å². The van der Waals surface area contributed by atoms with Crippen LogP contribution in [0.1, 0.15) is 28.9 Å². The van der Waals surface area contributed by atoms with Crippen molar-refractivity contribution in [3.8, 4) is 0 Å². The molecule has 2 aliphatic rings. The highest BCUT2D eigenvalue weighted by Crippen LogP contribution is 2.47. The van der Waals surface area contributed by atoms with E-state index in [0.717, 1.165) is 19.3 Å². The van der Waals surface area contributed by atoms with Crippen LogP contribution in [0.15, 0.2) is 41.8 Å². The normalized spacial score (nSPS) is 26.2. The summed E-state index contributed by atoms with van der Waals surface area (Å²) in [6, 6.07) is 10.8. The summed E-state index contributed by atoms with van der Waals surface area (Å²) in [4.78, 5) is 25.5. The van der Waals surface area contributed by atoms with Crippen LogP contribution in [0.5, 0.6) is 0 Å². The monoisotopic (exact) mass is 391 g/mol. The van der Waals surface area contributed by atoms with Crippen LogP contribution in [-0.4, -0.2) is 17.9 Å². The fraction of sp³-hybridized carbons (Fsp3) is 0.368. The number of halogens is 1. The number of thiophene rings is 1. The van der Waals surface area contributed by atoms with Crippen LogP contribution in [0, 0.1) is 17.8 Å². The predicted octanol–water partition coefficient (Wildman–Crippen LogP) is 3.73. The number of hydrogen-bond donors (Lipinski definition) is 3. The van der Waals surface area contributed by atoms with Gasteiger partial charge in [-0.15, -0.1) is 23.7 Å². The number of anilines is 2. The maximum atomic E-state index is 12.7. The van der Waals surface area contributed by atoms with Crippen LogP contribution < -0.4 is 16.4 Å². The Bertz CT molecular complexity index is 794. The van der Waals surface area contributed by atoms with Gasteiger partial charge in [0.25, 0.3) is 5.91 Å². The number of carbonyl (C=O) groups excluding carboxylic acids is 2. The Morgan fingerprint density at radius 1 is 1.04 bits per heavy atom. The lowest BCUT2D eigenvalue weighted by Gasteiger charge is -2.27. The van der Waals surface area contributed by atoms with E-state index in [-0.39, 0.29) is 36.2 Å². The molecule has 2 saturated carbocycles. The molecule has 1 aromatic heterocycles. The smallest absolute Gasteiger partial charge is 0.265 e. The van der Waals surface area contributed by atoms with Gasteiger partial charge in [0.05, 0.1) is 10.8 Å². The summed E-state index contributed by atoms with van der Waals surface area (Å²) >= 11 is 1.39. The third-order valence-corrected chi connectivity index (χ3v) is 6.28. The van der Waals surface area contributed by atoms with Crippen molar-refractivity contribution in [3.63, 3.8) is 0 Å². The highest BCUT2D eigenvalue weighted by Gasteiger charge is 2.49. The van der Waals surface area contributed by atoms with Crippen molar-refractivity contribution in [2.75, 3.05) is 10.6 Å². The first-order valence-corrected chi connectivity index (χ1v) is 9.51. The molecular formula is C19H22ClN3O2S. The number of carbonyl (C=O) groups is 2. The van der Waals surface area contributed by atoms with E-state index < -0.39 is 0 Å². The molecule has 1 heterocycles. The zero-order valence-electron chi connectivity index (χ0n) is 14.2. The highest BCUT2D eigenvalue weighted by molar-refractivity contribution is 7.12. The van der Waals surface area contributed by atoms with E-state index in [2.05, 4.69) is 10.6 Å². The topological polar surface area (TPSA) is 84.2 Å². The lowest BCUT2D eigenvalue weighted by Crippen LogP contribution is -2.42. The Labute approximate surface area is 162 Å². The number of benzene rings is 1. The van der Waals surface area contributed by atoms with Crippen molar-refractivity contribution in [2.24, 2.45) is 23.5 Å². The first kappa shape index (κ1) is 18.9. The van der Waals surface area contributed by atoms with E-state index in [1.54, 1.807) is 12.1 Å². The summed E-state index contributed by atoms with van der Waals surface area (Å²) in [6.45, 7) is 0. The van der Waals surface area contributed by atoms with Gasteiger partial charge in [-0.2, -0.15) is 0 Å². The molecule has 4 unspecified atom stereocenters. The molecule has 2 bridgehead atoms. The van der Waals surface area contributed by atoms with E-state index in [1.165, 1.54) is 11.3 Å². The molecule has 4 rings (SSSR count). The molecule has 26 heavy (non-hydrogen) atoms.